The van der Waals surface area contributed by atoms with Gasteiger partial charge in [0.05, 0.1) is 0 Å². The molecule has 34 heavy (non-hydrogen) atoms. The van der Waals surface area contributed by atoms with Crippen molar-refractivity contribution in [2.75, 3.05) is 0 Å². The number of aromatic nitrogens is 2. The molecule has 2 unspecified atom stereocenters. The number of aromatic amines is 2. The van der Waals surface area contributed by atoms with Crippen molar-refractivity contribution in [2.45, 2.75) is 11.8 Å². The van der Waals surface area contributed by atoms with Gasteiger partial charge >= 0.3 is 213 Å². The maximum absolute atomic E-state index is 3.47. The van der Waals surface area contributed by atoms with Crippen molar-refractivity contribution in [2.24, 2.45) is 0 Å². The molecule has 0 spiro atoms. The molecule has 4 heterocycles. The van der Waals surface area contributed by atoms with E-state index in [0.29, 0.717) is 40.8 Å². The zero-order valence-electron chi connectivity index (χ0n) is 18.5. The first-order valence-corrected chi connectivity index (χ1v) is 14.9. The Morgan fingerprint density at radius 2 is 0.882 bits per heavy atom. The van der Waals surface area contributed by atoms with Gasteiger partial charge in [-0.25, -0.2) is 0 Å². The van der Waals surface area contributed by atoms with Crippen molar-refractivity contribution >= 4 is 29.0 Å². The second-order valence-corrected chi connectivity index (χ2v) is 13.0. The van der Waals surface area contributed by atoms with Crippen LogP contribution in [0.5, 0.6) is 0 Å². The van der Waals surface area contributed by atoms with Gasteiger partial charge in [-0.15, -0.1) is 0 Å². The molecule has 0 bridgehead atoms. The van der Waals surface area contributed by atoms with Gasteiger partial charge in [-0.05, 0) is 0 Å². The molecule has 0 saturated carbocycles. The van der Waals surface area contributed by atoms with Gasteiger partial charge in [0.2, 0.25) is 0 Å². The van der Waals surface area contributed by atoms with Crippen LogP contribution in [-0.2, 0) is 0 Å². The SMILES string of the molecule is c1ccc(C(c2ccc[nH]2)c2ccc(-c3ccc(C(c4ccccc4)c4ccc[nH]4)[se]3)[se]2)cc1. The Morgan fingerprint density at radius 3 is 1.26 bits per heavy atom. The minimum atomic E-state index is 0.294. The summed E-state index contributed by atoms with van der Waals surface area (Å²) >= 11 is 0.633. The van der Waals surface area contributed by atoms with Gasteiger partial charge < -0.3 is 0 Å². The Labute approximate surface area is 211 Å². The van der Waals surface area contributed by atoms with Crippen molar-refractivity contribution in [1.82, 2.24) is 9.97 Å². The molecule has 0 radical (unpaired) electrons. The Balaban J connectivity index is 1.36. The van der Waals surface area contributed by atoms with E-state index < -0.39 is 0 Å². The second kappa shape index (κ2) is 9.70. The summed E-state index contributed by atoms with van der Waals surface area (Å²) in [6, 6.07) is 39.9. The zero-order chi connectivity index (χ0) is 22.7. The molecule has 6 aromatic rings. The molecule has 4 aromatic heterocycles. The summed E-state index contributed by atoms with van der Waals surface area (Å²) in [4.78, 5) is 6.95. The summed E-state index contributed by atoms with van der Waals surface area (Å²) in [6.07, 6.45) is 4.07. The molecule has 0 aliphatic rings. The van der Waals surface area contributed by atoms with Crippen molar-refractivity contribution in [1.29, 1.82) is 0 Å². The Morgan fingerprint density at radius 1 is 0.441 bits per heavy atom. The number of nitrogens with one attached hydrogen (secondary N) is 2. The topological polar surface area (TPSA) is 31.6 Å². The third-order valence-corrected chi connectivity index (χ3v) is 11.8. The molecule has 6 rings (SSSR count). The normalized spacial score (nSPS) is 13.1. The van der Waals surface area contributed by atoms with Crippen LogP contribution in [0, 0.1) is 0 Å². The Kier molecular flexibility index (Phi) is 6.14. The average Bonchev–Trinajstić information content (AvgIpc) is 3.69. The zero-order valence-corrected chi connectivity index (χ0v) is 21.9. The van der Waals surface area contributed by atoms with Crippen LogP contribution >= 0.6 is 0 Å². The van der Waals surface area contributed by atoms with Gasteiger partial charge in [0.1, 0.15) is 0 Å². The molecule has 0 aliphatic heterocycles. The van der Waals surface area contributed by atoms with Crippen LogP contribution in [0.2, 0.25) is 0 Å². The maximum atomic E-state index is 3.47. The van der Waals surface area contributed by atoms with E-state index in [2.05, 4.69) is 119 Å². The molecule has 0 fully saturated rings. The monoisotopic (exact) mass is 572 g/mol. The third-order valence-electron chi connectivity index (χ3n) is 6.20. The van der Waals surface area contributed by atoms with Crippen molar-refractivity contribution in [3.05, 3.63) is 153 Å². The fourth-order valence-corrected chi connectivity index (χ4v) is 10.0. The fourth-order valence-electron chi connectivity index (χ4n) is 4.61. The van der Waals surface area contributed by atoms with Crippen LogP contribution < -0.4 is 0 Å². The number of H-pyrrole nitrogens is 2. The molecule has 2 N–H and O–H groups in total. The molecular formula is C30H24N2Se2. The summed E-state index contributed by atoms with van der Waals surface area (Å²) in [6.45, 7) is 0. The molecule has 0 aliphatic carbocycles. The van der Waals surface area contributed by atoms with Crippen molar-refractivity contribution in [3.8, 4) is 8.87 Å². The summed E-state index contributed by atoms with van der Waals surface area (Å²) in [7, 11) is 0. The number of benzene rings is 2. The predicted molar refractivity (Wildman–Crippen MR) is 142 cm³/mol. The predicted octanol–water partition coefficient (Wildman–Crippen LogP) is 6.48. The van der Waals surface area contributed by atoms with Crippen molar-refractivity contribution < 1.29 is 0 Å². The van der Waals surface area contributed by atoms with Gasteiger partial charge in [0.25, 0.3) is 0 Å². The van der Waals surface area contributed by atoms with E-state index in [4.69, 9.17) is 0 Å². The van der Waals surface area contributed by atoms with Gasteiger partial charge in [-0.3, -0.25) is 0 Å². The van der Waals surface area contributed by atoms with E-state index in [0.717, 1.165) is 0 Å². The average molecular weight is 570 g/mol. The first-order chi connectivity index (χ1) is 16.9. The van der Waals surface area contributed by atoms with Crippen LogP contribution in [0.15, 0.2) is 122 Å². The van der Waals surface area contributed by atoms with Crippen LogP contribution in [0.25, 0.3) is 8.87 Å². The molecule has 0 saturated heterocycles. The van der Waals surface area contributed by atoms with Crippen molar-refractivity contribution in [3.63, 3.8) is 0 Å². The first kappa shape index (κ1) is 21.5. The first-order valence-electron chi connectivity index (χ1n) is 11.4. The second-order valence-electron chi connectivity index (χ2n) is 8.34. The number of hydrogen-bond acceptors (Lipinski definition) is 0. The molecule has 2 aromatic carbocycles. The van der Waals surface area contributed by atoms with E-state index >= 15 is 0 Å². The number of rotatable bonds is 7. The van der Waals surface area contributed by atoms with E-state index in [1.54, 1.807) is 0 Å². The molecule has 166 valence electrons. The quantitative estimate of drug-likeness (QED) is 0.206. The third kappa shape index (κ3) is 4.27. The van der Waals surface area contributed by atoms with Crippen LogP contribution in [-0.4, -0.2) is 39.0 Å². The van der Waals surface area contributed by atoms with Gasteiger partial charge in [-0.2, -0.15) is 0 Å². The minimum absolute atomic E-state index is 0.294. The summed E-state index contributed by atoms with van der Waals surface area (Å²) in [5.74, 6) is 0.589. The molecule has 2 atom stereocenters. The van der Waals surface area contributed by atoms with E-state index in [1.165, 1.54) is 40.3 Å². The molecule has 2 nitrogen and oxygen atoms in total. The molecule has 4 heteroatoms. The molecule has 0 amide bonds. The Hall–Kier alpha value is -3.00. The number of hydrogen-bond donors (Lipinski definition) is 2. The van der Waals surface area contributed by atoms with Crippen LogP contribution in [0.3, 0.4) is 0 Å². The Bertz CT molecular complexity index is 1330. The van der Waals surface area contributed by atoms with Crippen LogP contribution in [0.1, 0.15) is 43.2 Å². The molecular weight excluding hydrogens is 546 g/mol. The van der Waals surface area contributed by atoms with E-state index in [9.17, 15) is 0 Å². The summed E-state index contributed by atoms with van der Waals surface area (Å²) in [5.41, 5.74) is 5.26. The van der Waals surface area contributed by atoms with Gasteiger partial charge in [0.15, 0.2) is 0 Å². The van der Waals surface area contributed by atoms with E-state index in [1.807, 2.05) is 12.4 Å². The van der Waals surface area contributed by atoms with Gasteiger partial charge in [0, 0.05) is 0 Å². The fraction of sp³-hybridized carbons (Fsp3) is 0.0667. The van der Waals surface area contributed by atoms with E-state index in [-0.39, 0.29) is 0 Å². The summed E-state index contributed by atoms with van der Waals surface area (Å²) in [5, 5.41) is 0. The standard InChI is InChI=1S/C30H24N2Se2/c1-3-9-21(10-4-1)29(23-13-7-19-31-23)27-17-15-25(33-27)26-16-18-28(34-26)30(24-14-8-20-32-24)22-11-5-2-6-12-22/h1-20,29-32H. The van der Waals surface area contributed by atoms with Gasteiger partial charge in [-0.1, -0.05) is 0 Å². The summed E-state index contributed by atoms with van der Waals surface area (Å²) < 4.78 is 6.09. The van der Waals surface area contributed by atoms with Crippen LogP contribution in [0.4, 0.5) is 0 Å².